The van der Waals surface area contributed by atoms with Gasteiger partial charge in [-0.05, 0) is 75.1 Å². The normalized spacial score (nSPS) is 23.9. The van der Waals surface area contributed by atoms with E-state index < -0.39 is 29.2 Å². The summed E-state index contributed by atoms with van der Waals surface area (Å²) >= 11 is 3.49. The van der Waals surface area contributed by atoms with E-state index in [0.29, 0.717) is 27.0 Å². The number of furan rings is 1. The van der Waals surface area contributed by atoms with Crippen LogP contribution >= 0.6 is 15.9 Å². The fraction of sp³-hybridized carbons (Fsp3) is 0.156. The lowest BCUT2D eigenvalue weighted by Crippen LogP contribution is -2.49. The maximum absolute atomic E-state index is 14.6. The van der Waals surface area contributed by atoms with E-state index in [4.69, 9.17) is 9.15 Å². The second-order valence-corrected chi connectivity index (χ2v) is 11.0. The topological polar surface area (TPSA) is 88.9 Å². The number of methoxy groups -OCH3 is 1. The molecule has 7 nitrogen and oxygen atoms in total. The molecule has 4 heterocycles. The first kappa shape index (κ1) is 24.6. The number of ketones is 2. The number of benzene rings is 3. The van der Waals surface area contributed by atoms with E-state index in [2.05, 4.69) is 21.2 Å². The van der Waals surface area contributed by atoms with Crippen LogP contribution in [0.5, 0.6) is 5.75 Å². The fourth-order valence-electron chi connectivity index (χ4n) is 6.73. The SMILES string of the molecule is COc1ccc(C(=O)C2C(C(=O)c3ccco3)C3(C(=O)Nc4ccccc43)C3c4ccccc4C=CN23)cc1Br. The summed E-state index contributed by atoms with van der Waals surface area (Å²) in [7, 11) is 1.55. The molecule has 4 aromatic rings. The number of anilines is 1. The number of carbonyl (C=O) groups is 3. The Morgan fingerprint density at radius 3 is 2.58 bits per heavy atom. The van der Waals surface area contributed by atoms with Gasteiger partial charge in [0.25, 0.3) is 0 Å². The van der Waals surface area contributed by atoms with Crippen LogP contribution in [0.25, 0.3) is 6.08 Å². The molecule has 3 aliphatic heterocycles. The molecule has 1 fully saturated rings. The first-order valence-corrected chi connectivity index (χ1v) is 13.7. The van der Waals surface area contributed by atoms with Crippen LogP contribution in [0.3, 0.4) is 0 Å². The summed E-state index contributed by atoms with van der Waals surface area (Å²) < 4.78 is 11.6. The minimum Gasteiger partial charge on any atom is -0.496 e. The fourth-order valence-corrected chi connectivity index (χ4v) is 7.27. The van der Waals surface area contributed by atoms with Crippen LogP contribution in [0, 0.1) is 5.92 Å². The molecule has 0 bridgehead atoms. The second kappa shape index (κ2) is 9.06. The molecule has 1 aromatic heterocycles. The Morgan fingerprint density at radius 1 is 1.00 bits per heavy atom. The Hall–Kier alpha value is -4.43. The van der Waals surface area contributed by atoms with Crippen molar-refractivity contribution in [2.75, 3.05) is 12.4 Å². The highest BCUT2D eigenvalue weighted by Gasteiger charge is 2.71. The summed E-state index contributed by atoms with van der Waals surface area (Å²) in [6.45, 7) is 0. The lowest BCUT2D eigenvalue weighted by atomic mass is 9.63. The van der Waals surface area contributed by atoms with Gasteiger partial charge in [0.2, 0.25) is 11.7 Å². The zero-order valence-corrected chi connectivity index (χ0v) is 22.9. The third-order valence-corrected chi connectivity index (χ3v) is 8.94. The molecule has 1 N–H and O–H groups in total. The Kier molecular flexibility index (Phi) is 5.57. The van der Waals surface area contributed by atoms with Crippen molar-refractivity contribution in [1.29, 1.82) is 0 Å². The van der Waals surface area contributed by atoms with E-state index in [9.17, 15) is 14.4 Å². The molecular weight excluding hydrogens is 572 g/mol. The molecule has 7 rings (SSSR count). The molecule has 8 heteroatoms. The number of amides is 1. The monoisotopic (exact) mass is 594 g/mol. The van der Waals surface area contributed by atoms with Crippen LogP contribution in [0.4, 0.5) is 5.69 Å². The van der Waals surface area contributed by atoms with Crippen molar-refractivity contribution in [1.82, 2.24) is 4.90 Å². The number of nitrogens with one attached hydrogen (secondary N) is 1. The largest absolute Gasteiger partial charge is 0.496 e. The van der Waals surface area contributed by atoms with E-state index in [-0.39, 0.29) is 17.5 Å². The summed E-state index contributed by atoms with van der Waals surface area (Å²) in [5, 5.41) is 3.04. The van der Waals surface area contributed by atoms with Crippen molar-refractivity contribution < 1.29 is 23.5 Å². The van der Waals surface area contributed by atoms with E-state index >= 15 is 0 Å². The lowest BCUT2D eigenvalue weighted by molar-refractivity contribution is -0.122. The number of para-hydroxylation sites is 1. The van der Waals surface area contributed by atoms with Gasteiger partial charge in [-0.2, -0.15) is 0 Å². The zero-order chi connectivity index (χ0) is 27.6. The van der Waals surface area contributed by atoms with Gasteiger partial charge in [0.15, 0.2) is 11.5 Å². The third-order valence-electron chi connectivity index (χ3n) is 8.32. The first-order chi connectivity index (χ1) is 19.5. The van der Waals surface area contributed by atoms with Gasteiger partial charge in [0.1, 0.15) is 17.2 Å². The highest BCUT2D eigenvalue weighted by Crippen LogP contribution is 2.62. The van der Waals surface area contributed by atoms with E-state index in [1.54, 1.807) is 37.4 Å². The van der Waals surface area contributed by atoms with Gasteiger partial charge in [-0.15, -0.1) is 0 Å². The lowest BCUT2D eigenvalue weighted by Gasteiger charge is -2.38. The first-order valence-electron chi connectivity index (χ1n) is 12.9. The van der Waals surface area contributed by atoms with Gasteiger partial charge < -0.3 is 19.4 Å². The quantitative estimate of drug-likeness (QED) is 0.284. The summed E-state index contributed by atoms with van der Waals surface area (Å²) in [5.41, 5.74) is 2.13. The van der Waals surface area contributed by atoms with Crippen LogP contribution < -0.4 is 10.1 Å². The van der Waals surface area contributed by atoms with Crippen LogP contribution in [0.2, 0.25) is 0 Å². The van der Waals surface area contributed by atoms with Crippen LogP contribution in [0.15, 0.2) is 100 Å². The number of halogens is 1. The van der Waals surface area contributed by atoms with Gasteiger partial charge in [-0.1, -0.05) is 42.5 Å². The molecule has 1 spiro atoms. The maximum atomic E-state index is 14.6. The predicted octanol–water partition coefficient (Wildman–Crippen LogP) is 6.03. The smallest absolute Gasteiger partial charge is 0.238 e. The highest BCUT2D eigenvalue weighted by molar-refractivity contribution is 9.10. The zero-order valence-electron chi connectivity index (χ0n) is 21.3. The molecule has 0 aliphatic carbocycles. The molecular formula is C32H23BrN2O5. The second-order valence-electron chi connectivity index (χ2n) is 10.1. The van der Waals surface area contributed by atoms with Crippen LogP contribution in [0.1, 0.15) is 43.6 Å². The standard InChI is InChI=1S/C32H23BrN2O5/c1-39-24-13-12-19(17-22(24)33)28(36)27-26(29(37)25-11-6-16-40-25)32(21-9-4-5-10-23(21)34-31(32)38)30-20-8-3-2-7-18(20)14-15-35(27)30/h2-17,26-27,30H,1H3,(H,34,38). The Balaban J connectivity index is 1.52. The molecule has 1 saturated heterocycles. The van der Waals surface area contributed by atoms with Crippen molar-refractivity contribution in [2.45, 2.75) is 17.5 Å². The predicted molar refractivity (Wildman–Crippen MR) is 152 cm³/mol. The highest BCUT2D eigenvalue weighted by atomic mass is 79.9. The number of ether oxygens (including phenoxy) is 1. The molecule has 3 aromatic carbocycles. The number of Topliss-reactive ketones (excluding diaryl/α,β-unsaturated/α-hetero) is 2. The van der Waals surface area contributed by atoms with Crippen LogP contribution in [-0.4, -0.2) is 35.5 Å². The molecule has 198 valence electrons. The Morgan fingerprint density at radius 2 is 1.80 bits per heavy atom. The van der Waals surface area contributed by atoms with E-state index in [1.165, 1.54) is 6.26 Å². The number of nitrogens with zero attached hydrogens (tertiary/aromatic N) is 1. The van der Waals surface area contributed by atoms with Gasteiger partial charge in [-0.3, -0.25) is 14.4 Å². The molecule has 1 amide bonds. The number of hydrogen-bond acceptors (Lipinski definition) is 6. The molecule has 0 radical (unpaired) electrons. The average molecular weight is 595 g/mol. The summed E-state index contributed by atoms with van der Waals surface area (Å²) in [6.07, 6.45) is 5.21. The van der Waals surface area contributed by atoms with Crippen molar-refractivity contribution >= 4 is 45.2 Å². The minimum absolute atomic E-state index is 0.104. The van der Waals surface area contributed by atoms with E-state index in [1.807, 2.05) is 65.7 Å². The number of rotatable bonds is 5. The van der Waals surface area contributed by atoms with Crippen molar-refractivity contribution in [2.24, 2.45) is 5.92 Å². The third kappa shape index (κ3) is 3.26. The van der Waals surface area contributed by atoms with Gasteiger partial charge >= 0.3 is 0 Å². The number of carbonyl (C=O) groups excluding carboxylic acids is 3. The summed E-state index contributed by atoms with van der Waals surface area (Å²) in [4.78, 5) is 45.3. The Bertz CT molecular complexity index is 1730. The summed E-state index contributed by atoms with van der Waals surface area (Å²) in [5.74, 6) is -1.40. The summed E-state index contributed by atoms with van der Waals surface area (Å²) in [6, 6.07) is 21.9. The molecule has 4 unspecified atom stereocenters. The van der Waals surface area contributed by atoms with Gasteiger partial charge in [-0.25, -0.2) is 0 Å². The molecule has 3 aliphatic rings. The number of hydrogen-bond donors (Lipinski definition) is 1. The Labute approximate surface area is 238 Å². The van der Waals surface area contributed by atoms with Gasteiger partial charge in [0.05, 0.1) is 29.8 Å². The molecule has 0 saturated carbocycles. The molecule has 4 atom stereocenters. The van der Waals surface area contributed by atoms with Crippen molar-refractivity contribution in [3.05, 3.63) is 124 Å². The minimum atomic E-state index is -1.40. The maximum Gasteiger partial charge on any atom is 0.238 e. The average Bonchev–Trinajstić information content (AvgIpc) is 3.69. The van der Waals surface area contributed by atoms with E-state index in [0.717, 1.165) is 11.1 Å². The van der Waals surface area contributed by atoms with Crippen LogP contribution in [-0.2, 0) is 10.2 Å². The number of fused-ring (bicyclic) bond motifs is 6. The molecule has 40 heavy (non-hydrogen) atoms. The van der Waals surface area contributed by atoms with Gasteiger partial charge in [0, 0.05) is 17.5 Å². The van der Waals surface area contributed by atoms with Crippen molar-refractivity contribution in [3.63, 3.8) is 0 Å². The van der Waals surface area contributed by atoms with Crippen molar-refractivity contribution in [3.8, 4) is 5.75 Å².